The lowest BCUT2D eigenvalue weighted by molar-refractivity contribution is -0.143. The lowest BCUT2D eigenvalue weighted by Crippen LogP contribution is -2.29. The Balaban J connectivity index is 2.17. The van der Waals surface area contributed by atoms with E-state index in [1.807, 2.05) is 20.8 Å². The first-order valence-electron chi connectivity index (χ1n) is 10.1. The maximum absolute atomic E-state index is 13.1. The maximum Gasteiger partial charge on any atom is 0.416 e. The lowest BCUT2D eigenvalue weighted by Gasteiger charge is -2.24. The Hall–Kier alpha value is -2.12. The van der Waals surface area contributed by atoms with Gasteiger partial charge in [0.15, 0.2) is 5.78 Å². The topological polar surface area (TPSA) is 34.1 Å². The molecule has 8 heteroatoms. The molecule has 0 spiro atoms. The molecule has 1 aromatic carbocycles. The van der Waals surface area contributed by atoms with Crippen LogP contribution in [0.1, 0.15) is 69.6 Å². The molecule has 2 unspecified atom stereocenters. The van der Waals surface area contributed by atoms with E-state index < -0.39 is 40.2 Å². The molecule has 2 nitrogen and oxygen atoms in total. The average Bonchev–Trinajstić information content (AvgIpc) is 3.13. The highest BCUT2D eigenvalue weighted by molar-refractivity contribution is 6.20. The number of carbonyl (C=O) groups excluding carboxylic acids is 2. The highest BCUT2D eigenvalue weighted by Crippen LogP contribution is 2.41. The molecule has 0 saturated heterocycles. The zero-order valence-electron chi connectivity index (χ0n) is 17.7. The van der Waals surface area contributed by atoms with Crippen molar-refractivity contribution in [2.45, 2.75) is 65.2 Å². The van der Waals surface area contributed by atoms with Crippen molar-refractivity contribution in [1.82, 2.24) is 0 Å². The van der Waals surface area contributed by atoms with Gasteiger partial charge in [-0.1, -0.05) is 27.4 Å². The first kappa shape index (κ1) is 25.1. The van der Waals surface area contributed by atoms with Gasteiger partial charge in [0, 0.05) is 23.3 Å². The Morgan fingerprint density at radius 1 is 0.968 bits per heavy atom. The molecular formula is C23H26F6O2. The van der Waals surface area contributed by atoms with Crippen LogP contribution in [-0.2, 0) is 21.9 Å². The number of allylic oxidation sites excluding steroid dienone is 1. The van der Waals surface area contributed by atoms with E-state index >= 15 is 0 Å². The van der Waals surface area contributed by atoms with Gasteiger partial charge < -0.3 is 0 Å². The third kappa shape index (κ3) is 5.98. The number of hydrogen-bond acceptors (Lipinski definition) is 2. The molecule has 2 atom stereocenters. The molecule has 1 aromatic rings. The minimum atomic E-state index is -5.00. The Morgan fingerprint density at radius 3 is 1.94 bits per heavy atom. The summed E-state index contributed by atoms with van der Waals surface area (Å²) in [6, 6.07) is 1.05. The van der Waals surface area contributed by atoms with Crippen LogP contribution in [0.2, 0.25) is 0 Å². The number of halogens is 6. The zero-order chi connectivity index (χ0) is 23.8. The van der Waals surface area contributed by atoms with Crippen molar-refractivity contribution < 1.29 is 35.9 Å². The van der Waals surface area contributed by atoms with Gasteiger partial charge in [0.1, 0.15) is 5.78 Å². The molecule has 1 saturated carbocycles. The van der Waals surface area contributed by atoms with Gasteiger partial charge in [0.25, 0.3) is 0 Å². The van der Waals surface area contributed by atoms with Crippen molar-refractivity contribution in [3.63, 3.8) is 0 Å². The first-order chi connectivity index (χ1) is 14.1. The number of carbonyl (C=O) groups is 2. The minimum absolute atomic E-state index is 0.0178. The van der Waals surface area contributed by atoms with E-state index in [1.54, 1.807) is 0 Å². The van der Waals surface area contributed by atoms with Gasteiger partial charge in [0.05, 0.1) is 11.1 Å². The third-order valence-corrected chi connectivity index (χ3v) is 6.21. The van der Waals surface area contributed by atoms with E-state index in [1.165, 1.54) is 0 Å². The van der Waals surface area contributed by atoms with Crippen molar-refractivity contribution in [2.24, 2.45) is 17.3 Å². The van der Waals surface area contributed by atoms with Gasteiger partial charge in [0.2, 0.25) is 0 Å². The van der Waals surface area contributed by atoms with Gasteiger partial charge >= 0.3 is 12.4 Å². The normalized spacial score (nSPS) is 20.0. The smallest absolute Gasteiger partial charge is 0.299 e. The number of Topliss-reactive ketones (excluding diaryl/α,β-unsaturated/α-hetero) is 2. The second-order valence-corrected chi connectivity index (χ2v) is 8.88. The zero-order valence-corrected chi connectivity index (χ0v) is 17.7. The molecule has 0 heterocycles. The van der Waals surface area contributed by atoms with E-state index in [0.717, 1.165) is 0 Å². The molecule has 0 aromatic heterocycles. The average molecular weight is 448 g/mol. The van der Waals surface area contributed by atoms with Crippen LogP contribution in [0.4, 0.5) is 26.3 Å². The van der Waals surface area contributed by atoms with E-state index in [4.69, 9.17) is 0 Å². The van der Waals surface area contributed by atoms with Gasteiger partial charge in [-0.2, -0.15) is 26.3 Å². The van der Waals surface area contributed by atoms with Crippen LogP contribution in [0.15, 0.2) is 24.8 Å². The summed E-state index contributed by atoms with van der Waals surface area (Å²) in [5, 5.41) is 0. The molecule has 1 fully saturated rings. The minimum Gasteiger partial charge on any atom is -0.299 e. The first-order valence-corrected chi connectivity index (χ1v) is 10.1. The summed E-state index contributed by atoms with van der Waals surface area (Å²) in [5.74, 6) is -0.832. The summed E-state index contributed by atoms with van der Waals surface area (Å²) < 4.78 is 78.4. The molecule has 31 heavy (non-hydrogen) atoms. The van der Waals surface area contributed by atoms with Crippen LogP contribution in [-0.4, -0.2) is 11.6 Å². The molecule has 1 aliphatic carbocycles. The molecule has 0 N–H and O–H groups in total. The van der Waals surface area contributed by atoms with Crippen molar-refractivity contribution in [3.8, 4) is 0 Å². The van der Waals surface area contributed by atoms with Gasteiger partial charge in [-0.25, -0.2) is 0 Å². The van der Waals surface area contributed by atoms with Crippen molar-refractivity contribution in [2.75, 3.05) is 0 Å². The van der Waals surface area contributed by atoms with Gasteiger partial charge in [-0.3, -0.25) is 9.59 Å². The van der Waals surface area contributed by atoms with Crippen LogP contribution >= 0.6 is 0 Å². The third-order valence-electron chi connectivity index (χ3n) is 6.21. The quantitative estimate of drug-likeness (QED) is 0.329. The summed E-state index contributed by atoms with van der Waals surface area (Å²) in [6.45, 7) is 9.11. The number of alkyl halides is 6. The molecule has 0 bridgehead atoms. The molecule has 2 rings (SSSR count). The molecule has 0 radical (unpaired) electrons. The summed E-state index contributed by atoms with van der Waals surface area (Å²) in [7, 11) is 0. The highest BCUT2D eigenvalue weighted by Gasteiger charge is 2.39. The number of benzene rings is 1. The van der Waals surface area contributed by atoms with Crippen molar-refractivity contribution >= 4 is 17.1 Å². The second kappa shape index (κ2) is 8.79. The number of ketones is 2. The SMILES string of the molecule is C=C(C(=O)CC1CCC(C(=O)C(C)(C)CC)C1)c1cc(C(F)(F)F)cc(C(F)(F)F)c1. The monoisotopic (exact) mass is 448 g/mol. The molecular weight excluding hydrogens is 422 g/mol. The Kier molecular flexibility index (Phi) is 7.13. The van der Waals surface area contributed by atoms with Gasteiger partial charge in [-0.05, 0) is 55.4 Å². The standard InChI is InChI=1S/C23H26F6O2/c1-5-21(3,4)20(31)15-7-6-14(8-15)9-19(30)13(2)16-10-17(22(24,25)26)12-18(11-16)23(27,28)29/h10-12,14-15H,2,5-9H2,1,3-4H3. The Labute approximate surface area is 177 Å². The second-order valence-electron chi connectivity index (χ2n) is 8.88. The van der Waals surface area contributed by atoms with Crippen LogP contribution in [0.5, 0.6) is 0 Å². The van der Waals surface area contributed by atoms with Crippen LogP contribution in [0.25, 0.3) is 5.57 Å². The number of hydrogen-bond donors (Lipinski definition) is 0. The molecule has 1 aliphatic rings. The molecule has 0 amide bonds. The number of rotatable bonds is 7. The Morgan fingerprint density at radius 2 is 1.48 bits per heavy atom. The maximum atomic E-state index is 13.1. The summed E-state index contributed by atoms with van der Waals surface area (Å²) >= 11 is 0. The fraction of sp³-hybridized carbons (Fsp3) is 0.565. The summed E-state index contributed by atoms with van der Waals surface area (Å²) in [5.41, 5.74) is -4.33. The van der Waals surface area contributed by atoms with Crippen LogP contribution in [0.3, 0.4) is 0 Å². The van der Waals surface area contributed by atoms with Crippen LogP contribution < -0.4 is 0 Å². The van der Waals surface area contributed by atoms with Crippen molar-refractivity contribution in [3.05, 3.63) is 41.5 Å². The van der Waals surface area contributed by atoms with E-state index in [9.17, 15) is 35.9 Å². The lowest BCUT2D eigenvalue weighted by atomic mass is 9.78. The van der Waals surface area contributed by atoms with Crippen LogP contribution in [0, 0.1) is 17.3 Å². The Bertz CT molecular complexity index is 832. The molecule has 172 valence electrons. The fourth-order valence-electron chi connectivity index (χ4n) is 3.90. The van der Waals surface area contributed by atoms with E-state index in [2.05, 4.69) is 6.58 Å². The predicted molar refractivity (Wildman–Crippen MR) is 105 cm³/mol. The van der Waals surface area contributed by atoms with Crippen molar-refractivity contribution in [1.29, 1.82) is 0 Å². The predicted octanol–water partition coefficient (Wildman–Crippen LogP) is 7.12. The van der Waals surface area contributed by atoms with E-state index in [0.29, 0.717) is 37.8 Å². The van der Waals surface area contributed by atoms with Gasteiger partial charge in [-0.15, -0.1) is 0 Å². The van der Waals surface area contributed by atoms with E-state index in [-0.39, 0.29) is 35.7 Å². The largest absolute Gasteiger partial charge is 0.416 e. The summed E-state index contributed by atoms with van der Waals surface area (Å²) in [6.07, 6.45) is -7.67. The molecule has 0 aliphatic heterocycles. The fourth-order valence-corrected chi connectivity index (χ4v) is 3.90. The highest BCUT2D eigenvalue weighted by atomic mass is 19.4. The summed E-state index contributed by atoms with van der Waals surface area (Å²) in [4.78, 5) is 25.2.